The van der Waals surface area contributed by atoms with Gasteiger partial charge in [-0.05, 0) is 20.3 Å². The summed E-state index contributed by atoms with van der Waals surface area (Å²) >= 11 is 0. The predicted octanol–water partition coefficient (Wildman–Crippen LogP) is 2.64. The molecule has 0 bridgehead atoms. The lowest BCUT2D eigenvalue weighted by Crippen LogP contribution is -2.12. The van der Waals surface area contributed by atoms with E-state index in [9.17, 15) is 4.79 Å². The van der Waals surface area contributed by atoms with E-state index in [4.69, 9.17) is 4.74 Å². The van der Waals surface area contributed by atoms with E-state index in [0.29, 0.717) is 12.3 Å². The number of nitrogens with zero attached hydrogens (tertiary/aromatic N) is 2. The summed E-state index contributed by atoms with van der Waals surface area (Å²) in [7, 11) is 1.88. The molecule has 0 saturated heterocycles. The summed E-state index contributed by atoms with van der Waals surface area (Å²) in [6.07, 6.45) is 4.42. The lowest BCUT2D eigenvalue weighted by Gasteiger charge is -2.05. The van der Waals surface area contributed by atoms with E-state index >= 15 is 0 Å². The first kappa shape index (κ1) is 13.7. The van der Waals surface area contributed by atoms with Gasteiger partial charge in [0.05, 0.1) is 12.3 Å². The van der Waals surface area contributed by atoms with E-state index in [-0.39, 0.29) is 5.97 Å². The van der Waals surface area contributed by atoms with Crippen LogP contribution in [0.1, 0.15) is 55.1 Å². The molecule has 1 aromatic heterocycles. The zero-order valence-electron chi connectivity index (χ0n) is 11.2. The number of hydrogen-bond acceptors (Lipinski definition) is 3. The first-order valence-corrected chi connectivity index (χ1v) is 6.31. The van der Waals surface area contributed by atoms with Gasteiger partial charge in [0.25, 0.3) is 0 Å². The third-order valence-corrected chi connectivity index (χ3v) is 2.83. The van der Waals surface area contributed by atoms with Gasteiger partial charge in [-0.3, -0.25) is 0 Å². The third-order valence-electron chi connectivity index (χ3n) is 2.83. The zero-order valence-corrected chi connectivity index (χ0v) is 11.2. The minimum Gasteiger partial charge on any atom is -0.461 e. The van der Waals surface area contributed by atoms with Crippen LogP contribution < -0.4 is 0 Å². The molecule has 0 N–H and O–H groups in total. The summed E-state index contributed by atoms with van der Waals surface area (Å²) in [4.78, 5) is 16.2. The van der Waals surface area contributed by atoms with Crippen molar-refractivity contribution in [2.45, 2.75) is 46.5 Å². The van der Waals surface area contributed by atoms with E-state index in [2.05, 4.69) is 11.9 Å². The number of imidazole rings is 1. The molecular weight excluding hydrogens is 216 g/mol. The molecule has 0 fully saturated rings. The van der Waals surface area contributed by atoms with Crippen molar-refractivity contribution < 1.29 is 9.53 Å². The molecule has 1 aromatic rings. The van der Waals surface area contributed by atoms with Crippen LogP contribution in [0, 0.1) is 6.92 Å². The molecule has 4 heteroatoms. The van der Waals surface area contributed by atoms with Gasteiger partial charge < -0.3 is 9.30 Å². The Balaban J connectivity index is 2.82. The molecule has 0 aliphatic heterocycles. The number of carbonyl (C=O) groups excluding carboxylic acids is 1. The second-order valence-electron chi connectivity index (χ2n) is 4.20. The molecule has 1 rings (SSSR count). The molecule has 1 heterocycles. The Morgan fingerprint density at radius 2 is 2.06 bits per heavy atom. The Kier molecular flexibility index (Phi) is 5.19. The summed E-state index contributed by atoms with van der Waals surface area (Å²) in [6.45, 7) is 6.24. The van der Waals surface area contributed by atoms with Gasteiger partial charge in [0.1, 0.15) is 11.5 Å². The molecule has 4 nitrogen and oxygen atoms in total. The number of unbranched alkanes of at least 4 members (excludes halogenated alkanes) is 2. The predicted molar refractivity (Wildman–Crippen MR) is 67.1 cm³/mol. The number of carbonyl (C=O) groups is 1. The molecule has 0 aromatic carbocycles. The molecule has 0 radical (unpaired) electrons. The number of esters is 1. The fourth-order valence-electron chi connectivity index (χ4n) is 1.93. The van der Waals surface area contributed by atoms with Crippen molar-refractivity contribution in [1.29, 1.82) is 0 Å². The van der Waals surface area contributed by atoms with Gasteiger partial charge in [0.2, 0.25) is 0 Å². The Morgan fingerprint density at radius 3 is 2.65 bits per heavy atom. The van der Waals surface area contributed by atoms with Gasteiger partial charge in [0, 0.05) is 13.5 Å². The third kappa shape index (κ3) is 3.32. The van der Waals surface area contributed by atoms with Crippen molar-refractivity contribution in [1.82, 2.24) is 9.55 Å². The second kappa shape index (κ2) is 6.42. The van der Waals surface area contributed by atoms with Crippen LogP contribution in [-0.4, -0.2) is 22.1 Å². The minimum absolute atomic E-state index is 0.276. The molecule has 0 spiro atoms. The Bertz CT molecular complexity index is 383. The maximum absolute atomic E-state index is 11.7. The summed E-state index contributed by atoms with van der Waals surface area (Å²) in [5, 5.41) is 0. The molecule has 0 amide bonds. The van der Waals surface area contributed by atoms with Crippen LogP contribution in [0.5, 0.6) is 0 Å². The average molecular weight is 238 g/mol. The van der Waals surface area contributed by atoms with E-state index in [1.807, 2.05) is 25.5 Å². The summed E-state index contributed by atoms with van der Waals surface area (Å²) < 4.78 is 6.89. The number of ether oxygens (including phenoxy) is 1. The van der Waals surface area contributed by atoms with Crippen LogP contribution in [0.2, 0.25) is 0 Å². The van der Waals surface area contributed by atoms with Gasteiger partial charge >= 0.3 is 5.97 Å². The van der Waals surface area contributed by atoms with Crippen molar-refractivity contribution in [3.05, 3.63) is 17.2 Å². The van der Waals surface area contributed by atoms with Crippen LogP contribution in [0.3, 0.4) is 0 Å². The summed E-state index contributed by atoms with van der Waals surface area (Å²) in [6, 6.07) is 0. The highest BCUT2D eigenvalue weighted by Gasteiger charge is 2.18. The molecule has 0 saturated carbocycles. The van der Waals surface area contributed by atoms with Crippen molar-refractivity contribution in [3.8, 4) is 0 Å². The van der Waals surface area contributed by atoms with Gasteiger partial charge in [-0.25, -0.2) is 9.78 Å². The first-order chi connectivity index (χ1) is 8.11. The lowest BCUT2D eigenvalue weighted by atomic mass is 10.2. The van der Waals surface area contributed by atoms with E-state index in [1.54, 1.807) is 0 Å². The molecule has 96 valence electrons. The summed E-state index contributed by atoms with van der Waals surface area (Å²) in [5.74, 6) is 0.695. The van der Waals surface area contributed by atoms with Crippen LogP contribution in [0.15, 0.2) is 0 Å². The molecule has 0 atom stereocenters. The van der Waals surface area contributed by atoms with Gasteiger partial charge in [0.15, 0.2) is 0 Å². The smallest absolute Gasteiger partial charge is 0.356 e. The zero-order chi connectivity index (χ0) is 12.8. The number of rotatable bonds is 6. The Hall–Kier alpha value is -1.32. The fraction of sp³-hybridized carbons (Fsp3) is 0.692. The maximum Gasteiger partial charge on any atom is 0.356 e. The highest BCUT2D eigenvalue weighted by atomic mass is 16.5. The minimum atomic E-state index is -0.276. The van der Waals surface area contributed by atoms with Gasteiger partial charge in [-0.1, -0.05) is 19.8 Å². The van der Waals surface area contributed by atoms with Crippen molar-refractivity contribution >= 4 is 5.97 Å². The average Bonchev–Trinajstić information content (AvgIpc) is 2.55. The molecular formula is C13H22N2O2. The van der Waals surface area contributed by atoms with E-state index < -0.39 is 0 Å². The second-order valence-corrected chi connectivity index (χ2v) is 4.20. The van der Waals surface area contributed by atoms with Gasteiger partial charge in [-0.15, -0.1) is 0 Å². The molecule has 17 heavy (non-hydrogen) atoms. The molecule has 0 aliphatic carbocycles. The number of hydrogen-bond donors (Lipinski definition) is 0. The quantitative estimate of drug-likeness (QED) is 0.565. The van der Waals surface area contributed by atoms with Crippen molar-refractivity contribution in [2.75, 3.05) is 6.61 Å². The monoisotopic (exact) mass is 238 g/mol. The summed E-state index contributed by atoms with van der Waals surface area (Å²) in [5.41, 5.74) is 1.34. The van der Waals surface area contributed by atoms with E-state index in [0.717, 1.165) is 24.4 Å². The van der Waals surface area contributed by atoms with E-state index in [1.165, 1.54) is 12.8 Å². The topological polar surface area (TPSA) is 44.1 Å². The fourth-order valence-corrected chi connectivity index (χ4v) is 1.93. The molecule has 0 unspecified atom stereocenters. The highest BCUT2D eigenvalue weighted by molar-refractivity contribution is 5.88. The van der Waals surface area contributed by atoms with Crippen molar-refractivity contribution in [3.63, 3.8) is 0 Å². The Labute approximate surface area is 103 Å². The highest BCUT2D eigenvalue weighted by Crippen LogP contribution is 2.13. The van der Waals surface area contributed by atoms with Crippen LogP contribution >= 0.6 is 0 Å². The number of aromatic nitrogens is 2. The maximum atomic E-state index is 11.7. The lowest BCUT2D eigenvalue weighted by molar-refractivity contribution is 0.0514. The van der Waals surface area contributed by atoms with Gasteiger partial charge in [-0.2, -0.15) is 0 Å². The van der Waals surface area contributed by atoms with Crippen LogP contribution in [0.4, 0.5) is 0 Å². The van der Waals surface area contributed by atoms with Crippen molar-refractivity contribution in [2.24, 2.45) is 7.05 Å². The molecule has 0 aliphatic rings. The van der Waals surface area contributed by atoms with Crippen LogP contribution in [0.25, 0.3) is 0 Å². The first-order valence-electron chi connectivity index (χ1n) is 6.31. The van der Waals surface area contributed by atoms with Crippen LogP contribution in [-0.2, 0) is 18.2 Å². The number of aryl methyl sites for hydroxylation is 2. The normalized spacial score (nSPS) is 10.6. The largest absolute Gasteiger partial charge is 0.461 e. The standard InChI is InChI=1S/C13H22N2O2/c1-5-7-8-9-11-14-10(3)12(15(11)4)13(16)17-6-2/h5-9H2,1-4H3. The Morgan fingerprint density at radius 1 is 1.35 bits per heavy atom. The SMILES string of the molecule is CCCCCc1nc(C)c(C(=O)OCC)n1C.